The van der Waals surface area contributed by atoms with Crippen molar-refractivity contribution in [1.29, 1.82) is 0 Å². The van der Waals surface area contributed by atoms with Gasteiger partial charge in [0.2, 0.25) is 5.91 Å². The van der Waals surface area contributed by atoms with E-state index in [0.717, 1.165) is 18.4 Å². The lowest BCUT2D eigenvalue weighted by atomic mass is 10.1. The predicted octanol–water partition coefficient (Wildman–Crippen LogP) is 1.00. The second kappa shape index (κ2) is 5.73. The number of carbonyl (C=O) groups is 2. The first-order valence-corrected chi connectivity index (χ1v) is 6.26. The van der Waals surface area contributed by atoms with Crippen LogP contribution in [0.5, 0.6) is 5.75 Å². The molecule has 0 heterocycles. The first-order valence-electron chi connectivity index (χ1n) is 6.26. The van der Waals surface area contributed by atoms with Crippen LogP contribution in [0.15, 0.2) is 24.3 Å². The van der Waals surface area contributed by atoms with E-state index in [1.165, 1.54) is 7.11 Å². The number of ether oxygens (including phenoxy) is 1. The van der Waals surface area contributed by atoms with E-state index in [0.29, 0.717) is 6.42 Å². The maximum Gasteiger partial charge on any atom is 0.328 e. The summed E-state index contributed by atoms with van der Waals surface area (Å²) in [5.74, 6) is -0.330. The first kappa shape index (κ1) is 13.4. The van der Waals surface area contributed by atoms with Crippen LogP contribution in [-0.4, -0.2) is 30.1 Å². The summed E-state index contributed by atoms with van der Waals surface area (Å²) >= 11 is 0. The number of carbonyl (C=O) groups excluding carboxylic acids is 2. The van der Waals surface area contributed by atoms with E-state index in [-0.39, 0.29) is 17.6 Å². The molecule has 5 heteroatoms. The second-order valence-corrected chi connectivity index (χ2v) is 4.73. The maximum absolute atomic E-state index is 11.7. The van der Waals surface area contributed by atoms with Gasteiger partial charge in [-0.1, -0.05) is 12.1 Å². The van der Waals surface area contributed by atoms with Crippen molar-refractivity contribution in [2.45, 2.75) is 25.3 Å². The summed E-state index contributed by atoms with van der Waals surface area (Å²) in [5, 5.41) is 11.9. The summed E-state index contributed by atoms with van der Waals surface area (Å²) in [5.41, 5.74) is 0.851. The number of amides is 1. The molecule has 1 aromatic rings. The van der Waals surface area contributed by atoms with Crippen molar-refractivity contribution in [3.8, 4) is 5.75 Å². The number of phenolic OH excluding ortho intramolecular Hbond substituents is 1. The Morgan fingerprint density at radius 2 is 2.00 bits per heavy atom. The summed E-state index contributed by atoms with van der Waals surface area (Å²) in [4.78, 5) is 23.4. The smallest absolute Gasteiger partial charge is 0.328 e. The number of aromatic hydroxyl groups is 1. The molecule has 1 aliphatic rings. The third kappa shape index (κ3) is 3.71. The zero-order valence-electron chi connectivity index (χ0n) is 10.8. The van der Waals surface area contributed by atoms with Crippen molar-refractivity contribution >= 4 is 11.9 Å². The number of hydrogen-bond donors (Lipinski definition) is 2. The minimum absolute atomic E-state index is 0.0481. The second-order valence-electron chi connectivity index (χ2n) is 4.73. The number of rotatable bonds is 5. The van der Waals surface area contributed by atoms with E-state index in [9.17, 15) is 14.7 Å². The lowest BCUT2D eigenvalue weighted by Crippen LogP contribution is -2.43. The Hall–Kier alpha value is -2.04. The Morgan fingerprint density at radius 1 is 1.37 bits per heavy atom. The van der Waals surface area contributed by atoms with Gasteiger partial charge in [-0.15, -0.1) is 0 Å². The fourth-order valence-electron chi connectivity index (χ4n) is 1.84. The van der Waals surface area contributed by atoms with E-state index in [4.69, 9.17) is 4.74 Å². The van der Waals surface area contributed by atoms with Gasteiger partial charge in [0.1, 0.15) is 11.8 Å². The van der Waals surface area contributed by atoms with E-state index in [2.05, 4.69) is 5.32 Å². The van der Waals surface area contributed by atoms with Crippen LogP contribution in [0.3, 0.4) is 0 Å². The van der Waals surface area contributed by atoms with E-state index >= 15 is 0 Å². The largest absolute Gasteiger partial charge is 0.508 e. The minimum atomic E-state index is -0.678. The van der Waals surface area contributed by atoms with Crippen LogP contribution in [0.25, 0.3) is 0 Å². The Morgan fingerprint density at radius 3 is 2.53 bits per heavy atom. The van der Waals surface area contributed by atoms with E-state index in [1.807, 2.05) is 0 Å². The Balaban J connectivity index is 2.02. The number of esters is 1. The summed E-state index contributed by atoms with van der Waals surface area (Å²) in [6.07, 6.45) is 2.13. The molecule has 0 radical (unpaired) electrons. The molecule has 1 aromatic carbocycles. The highest BCUT2D eigenvalue weighted by Crippen LogP contribution is 2.29. The van der Waals surface area contributed by atoms with Crippen LogP contribution in [0.1, 0.15) is 18.4 Å². The highest BCUT2D eigenvalue weighted by atomic mass is 16.5. The Kier molecular flexibility index (Phi) is 4.04. The van der Waals surface area contributed by atoms with Crippen LogP contribution in [0.4, 0.5) is 0 Å². The molecule has 1 aliphatic carbocycles. The van der Waals surface area contributed by atoms with Crippen molar-refractivity contribution in [1.82, 2.24) is 5.32 Å². The number of phenols is 1. The molecule has 2 N–H and O–H groups in total. The highest BCUT2D eigenvalue weighted by molar-refractivity contribution is 5.87. The van der Waals surface area contributed by atoms with E-state index in [1.54, 1.807) is 24.3 Å². The van der Waals surface area contributed by atoms with Gasteiger partial charge in [0.15, 0.2) is 0 Å². The molecule has 102 valence electrons. The molecule has 5 nitrogen and oxygen atoms in total. The monoisotopic (exact) mass is 263 g/mol. The number of methoxy groups -OCH3 is 1. The standard InChI is InChI=1S/C14H17NO4/c1-19-14(18)12(15-13(17)10-4-5-10)8-9-2-6-11(16)7-3-9/h2-3,6-7,10,12,16H,4-5,8H2,1H3,(H,15,17). The molecule has 0 saturated heterocycles. The average Bonchev–Trinajstić information content (AvgIpc) is 3.24. The Bertz CT molecular complexity index is 465. The van der Waals surface area contributed by atoms with Gasteiger partial charge in [0.25, 0.3) is 0 Å². The zero-order chi connectivity index (χ0) is 13.8. The van der Waals surface area contributed by atoms with Crippen LogP contribution in [-0.2, 0) is 20.7 Å². The van der Waals surface area contributed by atoms with Crippen LogP contribution >= 0.6 is 0 Å². The molecule has 0 bridgehead atoms. The molecule has 1 unspecified atom stereocenters. The predicted molar refractivity (Wildman–Crippen MR) is 68.5 cm³/mol. The third-order valence-electron chi connectivity index (χ3n) is 3.13. The molecule has 2 rings (SSSR count). The maximum atomic E-state index is 11.7. The lowest BCUT2D eigenvalue weighted by molar-refractivity contribution is -0.145. The fourth-order valence-corrected chi connectivity index (χ4v) is 1.84. The molecule has 1 fully saturated rings. The quantitative estimate of drug-likeness (QED) is 0.777. The van der Waals surface area contributed by atoms with Gasteiger partial charge in [-0.2, -0.15) is 0 Å². The van der Waals surface area contributed by atoms with Crippen LogP contribution in [0, 0.1) is 5.92 Å². The molecule has 0 aliphatic heterocycles. The molecular weight excluding hydrogens is 246 g/mol. The van der Waals surface area contributed by atoms with Crippen molar-refractivity contribution in [3.05, 3.63) is 29.8 Å². The van der Waals surface area contributed by atoms with Gasteiger partial charge in [-0.25, -0.2) is 4.79 Å². The summed E-state index contributed by atoms with van der Waals surface area (Å²) < 4.78 is 4.71. The number of hydrogen-bond acceptors (Lipinski definition) is 4. The number of nitrogens with one attached hydrogen (secondary N) is 1. The molecule has 1 atom stereocenters. The third-order valence-corrected chi connectivity index (χ3v) is 3.13. The average molecular weight is 263 g/mol. The molecule has 1 saturated carbocycles. The normalized spacial score (nSPS) is 15.6. The topological polar surface area (TPSA) is 75.6 Å². The zero-order valence-corrected chi connectivity index (χ0v) is 10.8. The molecule has 0 spiro atoms. The van der Waals surface area contributed by atoms with Crippen molar-refractivity contribution in [2.75, 3.05) is 7.11 Å². The van der Waals surface area contributed by atoms with Gasteiger partial charge < -0.3 is 15.2 Å². The number of benzene rings is 1. The van der Waals surface area contributed by atoms with Crippen LogP contribution < -0.4 is 5.32 Å². The first-order chi connectivity index (χ1) is 9.10. The van der Waals surface area contributed by atoms with Gasteiger partial charge in [0.05, 0.1) is 7.11 Å². The van der Waals surface area contributed by atoms with Crippen molar-refractivity contribution in [2.24, 2.45) is 5.92 Å². The molecular formula is C14H17NO4. The molecule has 1 amide bonds. The highest BCUT2D eigenvalue weighted by Gasteiger charge is 2.32. The summed E-state index contributed by atoms with van der Waals surface area (Å²) in [6, 6.07) is 5.85. The van der Waals surface area contributed by atoms with Crippen molar-refractivity contribution in [3.63, 3.8) is 0 Å². The van der Waals surface area contributed by atoms with Gasteiger partial charge >= 0.3 is 5.97 Å². The fraction of sp³-hybridized carbons (Fsp3) is 0.429. The van der Waals surface area contributed by atoms with Gasteiger partial charge in [-0.3, -0.25) is 4.79 Å². The van der Waals surface area contributed by atoms with E-state index < -0.39 is 12.0 Å². The summed E-state index contributed by atoms with van der Waals surface area (Å²) in [7, 11) is 1.30. The SMILES string of the molecule is COC(=O)C(Cc1ccc(O)cc1)NC(=O)C1CC1. The molecule has 0 aromatic heterocycles. The molecule has 19 heavy (non-hydrogen) atoms. The lowest BCUT2D eigenvalue weighted by Gasteiger charge is -2.16. The summed E-state index contributed by atoms with van der Waals surface area (Å²) in [6.45, 7) is 0. The Labute approximate surface area is 111 Å². The van der Waals surface area contributed by atoms with Gasteiger partial charge in [0, 0.05) is 12.3 Å². The minimum Gasteiger partial charge on any atom is -0.508 e. The van der Waals surface area contributed by atoms with Crippen LogP contribution in [0.2, 0.25) is 0 Å². The van der Waals surface area contributed by atoms with Gasteiger partial charge in [-0.05, 0) is 30.5 Å². The van der Waals surface area contributed by atoms with Crippen molar-refractivity contribution < 1.29 is 19.4 Å².